The van der Waals surface area contributed by atoms with Gasteiger partial charge in [0.2, 0.25) is 0 Å². The van der Waals surface area contributed by atoms with Gasteiger partial charge in [0.1, 0.15) is 5.75 Å². The number of carboxylic acids is 1. The third-order valence-electron chi connectivity index (χ3n) is 2.61. The van der Waals surface area contributed by atoms with Gasteiger partial charge in [-0.3, -0.25) is 0 Å². The Morgan fingerprint density at radius 3 is 3.24 bits per heavy atom. The van der Waals surface area contributed by atoms with Gasteiger partial charge in [-0.1, -0.05) is 18.2 Å². The van der Waals surface area contributed by atoms with Crippen molar-refractivity contribution in [3.63, 3.8) is 0 Å². The molecule has 0 spiro atoms. The quantitative estimate of drug-likeness (QED) is 0.595. The number of aliphatic carboxylic acids is 1. The highest BCUT2D eigenvalue weighted by molar-refractivity contribution is 5.79. The zero-order valence-corrected chi connectivity index (χ0v) is 9.48. The van der Waals surface area contributed by atoms with Crippen LogP contribution in [0.15, 0.2) is 30.4 Å². The molecule has 0 amide bonds. The molecular weight excluding hydrogens is 218 g/mol. The summed E-state index contributed by atoms with van der Waals surface area (Å²) >= 11 is 0. The Kier molecular flexibility index (Phi) is 3.77. The molecule has 4 heteroatoms. The van der Waals surface area contributed by atoms with Crippen LogP contribution in [0.1, 0.15) is 11.1 Å². The third kappa shape index (κ3) is 3.32. The lowest BCUT2D eigenvalue weighted by Crippen LogP contribution is -2.13. The zero-order valence-electron chi connectivity index (χ0n) is 9.48. The largest absolute Gasteiger partial charge is 0.493 e. The monoisotopic (exact) mass is 233 g/mol. The molecular formula is C13H15NO3. The zero-order chi connectivity index (χ0) is 12.1. The maximum atomic E-state index is 10.2. The van der Waals surface area contributed by atoms with E-state index in [1.165, 1.54) is 11.1 Å². The fourth-order valence-corrected chi connectivity index (χ4v) is 1.81. The molecule has 1 aliphatic heterocycles. The second kappa shape index (κ2) is 5.50. The van der Waals surface area contributed by atoms with Gasteiger partial charge in [-0.25, -0.2) is 4.79 Å². The van der Waals surface area contributed by atoms with E-state index in [1.54, 1.807) is 6.08 Å². The van der Waals surface area contributed by atoms with Crippen molar-refractivity contribution in [2.24, 2.45) is 0 Å². The van der Waals surface area contributed by atoms with Crippen molar-refractivity contribution in [3.8, 4) is 5.75 Å². The Hall–Kier alpha value is -1.81. The van der Waals surface area contributed by atoms with Gasteiger partial charge in [0.25, 0.3) is 0 Å². The summed E-state index contributed by atoms with van der Waals surface area (Å²) in [5.41, 5.74) is 2.45. The molecule has 1 aliphatic rings. The first kappa shape index (κ1) is 11.7. The summed E-state index contributed by atoms with van der Waals surface area (Å²) in [5, 5.41) is 11.6. The Morgan fingerprint density at radius 2 is 2.41 bits per heavy atom. The van der Waals surface area contributed by atoms with Gasteiger partial charge in [-0.15, -0.1) is 0 Å². The SMILES string of the molecule is O=C(O)/C=C/CNCc1ccc2c(c1)CCO2. The smallest absolute Gasteiger partial charge is 0.328 e. The number of nitrogens with one attached hydrogen (secondary N) is 1. The van der Waals surface area contributed by atoms with Gasteiger partial charge in [0.05, 0.1) is 6.61 Å². The van der Waals surface area contributed by atoms with Gasteiger partial charge in [0.15, 0.2) is 0 Å². The number of hydrogen-bond acceptors (Lipinski definition) is 3. The Bertz CT molecular complexity index is 440. The molecule has 0 radical (unpaired) electrons. The van der Waals surface area contributed by atoms with E-state index < -0.39 is 5.97 Å². The molecule has 0 saturated carbocycles. The standard InChI is InChI=1S/C13H15NO3/c15-13(16)2-1-6-14-9-10-3-4-12-11(8-10)5-7-17-12/h1-4,8,14H,5-7,9H2,(H,15,16)/b2-1+. The minimum absolute atomic E-state index is 0.555. The van der Waals surface area contributed by atoms with Crippen LogP contribution in [-0.2, 0) is 17.8 Å². The number of benzene rings is 1. The van der Waals surface area contributed by atoms with E-state index in [9.17, 15) is 4.79 Å². The fraction of sp³-hybridized carbons (Fsp3) is 0.308. The predicted octanol–water partition coefficient (Wildman–Crippen LogP) is 1.35. The van der Waals surface area contributed by atoms with Crippen LogP contribution in [0.25, 0.3) is 0 Å². The van der Waals surface area contributed by atoms with Crippen LogP contribution >= 0.6 is 0 Å². The normalized spacial score (nSPS) is 13.6. The molecule has 1 heterocycles. The topological polar surface area (TPSA) is 58.6 Å². The van der Waals surface area contributed by atoms with Gasteiger partial charge >= 0.3 is 5.97 Å². The van der Waals surface area contributed by atoms with Crippen molar-refractivity contribution in [2.75, 3.05) is 13.2 Å². The van der Waals surface area contributed by atoms with Crippen molar-refractivity contribution < 1.29 is 14.6 Å². The number of carboxylic acid groups (broad SMARTS) is 1. The number of rotatable bonds is 5. The average molecular weight is 233 g/mol. The van der Waals surface area contributed by atoms with Crippen LogP contribution in [0.5, 0.6) is 5.75 Å². The molecule has 0 aliphatic carbocycles. The lowest BCUT2D eigenvalue weighted by atomic mass is 10.1. The van der Waals surface area contributed by atoms with E-state index >= 15 is 0 Å². The van der Waals surface area contributed by atoms with E-state index in [0.29, 0.717) is 6.54 Å². The molecule has 0 bridgehead atoms. The molecule has 0 atom stereocenters. The van der Waals surface area contributed by atoms with Gasteiger partial charge in [-0.2, -0.15) is 0 Å². The van der Waals surface area contributed by atoms with Crippen LogP contribution in [0.4, 0.5) is 0 Å². The lowest BCUT2D eigenvalue weighted by Gasteiger charge is -2.04. The highest BCUT2D eigenvalue weighted by Gasteiger charge is 2.11. The summed E-state index contributed by atoms with van der Waals surface area (Å²) in [7, 11) is 0. The molecule has 2 rings (SSSR count). The Balaban J connectivity index is 1.81. The Morgan fingerprint density at radius 1 is 1.53 bits per heavy atom. The lowest BCUT2D eigenvalue weighted by molar-refractivity contribution is -0.131. The van der Waals surface area contributed by atoms with Crippen LogP contribution in [0, 0.1) is 0 Å². The highest BCUT2D eigenvalue weighted by atomic mass is 16.5. The van der Waals surface area contributed by atoms with E-state index in [0.717, 1.165) is 31.4 Å². The third-order valence-corrected chi connectivity index (χ3v) is 2.61. The molecule has 0 fully saturated rings. The number of ether oxygens (including phenoxy) is 1. The van der Waals surface area contributed by atoms with E-state index in [-0.39, 0.29) is 0 Å². The molecule has 1 aromatic rings. The van der Waals surface area contributed by atoms with Crippen LogP contribution in [0.3, 0.4) is 0 Å². The van der Waals surface area contributed by atoms with Gasteiger partial charge in [0, 0.05) is 25.6 Å². The van der Waals surface area contributed by atoms with E-state index in [2.05, 4.69) is 11.4 Å². The Labute approximate surface area is 99.9 Å². The molecule has 0 unspecified atom stereocenters. The van der Waals surface area contributed by atoms with E-state index in [1.807, 2.05) is 12.1 Å². The first-order chi connectivity index (χ1) is 8.25. The molecule has 0 saturated heterocycles. The summed E-state index contributed by atoms with van der Waals surface area (Å²) in [6.45, 7) is 2.06. The minimum Gasteiger partial charge on any atom is -0.493 e. The van der Waals surface area contributed by atoms with Gasteiger partial charge in [-0.05, 0) is 17.2 Å². The first-order valence-electron chi connectivity index (χ1n) is 5.60. The van der Waals surface area contributed by atoms with E-state index in [4.69, 9.17) is 9.84 Å². The number of fused-ring (bicyclic) bond motifs is 1. The predicted molar refractivity (Wildman–Crippen MR) is 64.1 cm³/mol. The second-order valence-electron chi connectivity index (χ2n) is 3.91. The van der Waals surface area contributed by atoms with Crippen molar-refractivity contribution in [2.45, 2.75) is 13.0 Å². The minimum atomic E-state index is -0.915. The summed E-state index contributed by atoms with van der Waals surface area (Å²) in [4.78, 5) is 10.2. The maximum Gasteiger partial charge on any atom is 0.328 e. The van der Waals surface area contributed by atoms with Gasteiger partial charge < -0.3 is 15.2 Å². The van der Waals surface area contributed by atoms with Crippen molar-refractivity contribution in [1.29, 1.82) is 0 Å². The average Bonchev–Trinajstić information content (AvgIpc) is 2.75. The summed E-state index contributed by atoms with van der Waals surface area (Å²) < 4.78 is 5.43. The second-order valence-corrected chi connectivity index (χ2v) is 3.91. The molecule has 1 aromatic carbocycles. The molecule has 17 heavy (non-hydrogen) atoms. The highest BCUT2D eigenvalue weighted by Crippen LogP contribution is 2.25. The van der Waals surface area contributed by atoms with Crippen LogP contribution in [0.2, 0.25) is 0 Å². The maximum absolute atomic E-state index is 10.2. The van der Waals surface area contributed by atoms with Crippen molar-refractivity contribution in [1.82, 2.24) is 5.32 Å². The number of hydrogen-bond donors (Lipinski definition) is 2. The summed E-state index contributed by atoms with van der Waals surface area (Å²) in [5.74, 6) is 0.0704. The molecule has 4 nitrogen and oxygen atoms in total. The number of carbonyl (C=O) groups is 1. The van der Waals surface area contributed by atoms with Crippen LogP contribution in [-0.4, -0.2) is 24.2 Å². The molecule has 90 valence electrons. The van der Waals surface area contributed by atoms with Crippen molar-refractivity contribution in [3.05, 3.63) is 41.5 Å². The van der Waals surface area contributed by atoms with Crippen LogP contribution < -0.4 is 10.1 Å². The molecule has 2 N–H and O–H groups in total. The van der Waals surface area contributed by atoms with Crippen molar-refractivity contribution >= 4 is 5.97 Å². The summed E-state index contributed by atoms with van der Waals surface area (Å²) in [6, 6.07) is 6.15. The summed E-state index contributed by atoms with van der Waals surface area (Å²) in [6.07, 6.45) is 3.71. The first-order valence-corrected chi connectivity index (χ1v) is 5.60. The molecule has 0 aromatic heterocycles. The fourth-order valence-electron chi connectivity index (χ4n) is 1.81.